The largest absolute Gasteiger partial charge is 0.370 e. The third-order valence-corrected chi connectivity index (χ3v) is 4.13. The molecular formula is C17H20ClN5O. The van der Waals surface area contributed by atoms with Crippen molar-refractivity contribution in [2.45, 2.75) is 26.2 Å². The molecule has 126 valence electrons. The second kappa shape index (κ2) is 7.49. The second-order valence-electron chi connectivity index (χ2n) is 5.74. The predicted octanol–water partition coefficient (Wildman–Crippen LogP) is 3.16. The van der Waals surface area contributed by atoms with E-state index in [4.69, 9.17) is 11.6 Å². The first kappa shape index (κ1) is 16.5. The molecule has 1 aliphatic rings. The third kappa shape index (κ3) is 4.14. The van der Waals surface area contributed by atoms with Gasteiger partial charge in [0.1, 0.15) is 11.0 Å². The number of anilines is 2. The number of nitrogens with one attached hydrogen (secondary N) is 3. The normalized spacial score (nSPS) is 12.9. The van der Waals surface area contributed by atoms with E-state index in [1.54, 1.807) is 19.1 Å². The number of rotatable bonds is 4. The molecule has 0 atom stereocenters. The highest BCUT2D eigenvalue weighted by Crippen LogP contribution is 2.19. The average molecular weight is 346 g/mol. The molecule has 0 radical (unpaired) electrons. The lowest BCUT2D eigenvalue weighted by atomic mass is 10.1. The van der Waals surface area contributed by atoms with Crippen molar-refractivity contribution in [2.75, 3.05) is 23.7 Å². The van der Waals surface area contributed by atoms with Gasteiger partial charge in [0, 0.05) is 25.2 Å². The van der Waals surface area contributed by atoms with Crippen LogP contribution in [0.2, 0.25) is 5.15 Å². The number of aryl methyl sites for hydroxylation is 2. The van der Waals surface area contributed by atoms with Gasteiger partial charge < -0.3 is 16.0 Å². The van der Waals surface area contributed by atoms with Crippen molar-refractivity contribution >= 4 is 29.1 Å². The molecule has 2 aromatic rings. The molecule has 2 amide bonds. The Balaban J connectivity index is 1.50. The molecule has 3 rings (SSSR count). The summed E-state index contributed by atoms with van der Waals surface area (Å²) in [5.74, 6) is 0.978. The maximum atomic E-state index is 12.0. The summed E-state index contributed by atoms with van der Waals surface area (Å²) >= 11 is 5.80. The van der Waals surface area contributed by atoms with E-state index in [0.29, 0.717) is 29.5 Å². The van der Waals surface area contributed by atoms with Crippen LogP contribution in [0.5, 0.6) is 0 Å². The first-order valence-electron chi connectivity index (χ1n) is 8.02. The molecule has 0 spiro atoms. The first-order chi connectivity index (χ1) is 11.6. The fourth-order valence-corrected chi connectivity index (χ4v) is 2.83. The molecule has 0 aliphatic carbocycles. The zero-order chi connectivity index (χ0) is 16.9. The summed E-state index contributed by atoms with van der Waals surface area (Å²) < 4.78 is 0. The van der Waals surface area contributed by atoms with Gasteiger partial charge in [-0.1, -0.05) is 17.7 Å². The van der Waals surface area contributed by atoms with Gasteiger partial charge in [-0.25, -0.2) is 14.8 Å². The van der Waals surface area contributed by atoms with E-state index in [1.165, 1.54) is 5.56 Å². The standard InChI is InChI=1S/C17H20ClN5O/c1-11-14(6-7-15(18)21-11)23-17(24)20-10-8-13-5-4-12-3-2-9-19-16(12)22-13/h4-7H,2-3,8-10H2,1H3,(H,19,22)(H2,20,23,24). The Morgan fingerprint density at radius 2 is 2.17 bits per heavy atom. The Morgan fingerprint density at radius 3 is 3.00 bits per heavy atom. The van der Waals surface area contributed by atoms with E-state index in [2.05, 4.69) is 32.0 Å². The van der Waals surface area contributed by atoms with E-state index in [1.807, 2.05) is 6.07 Å². The maximum Gasteiger partial charge on any atom is 0.319 e. The number of aromatic nitrogens is 2. The summed E-state index contributed by atoms with van der Waals surface area (Å²) in [6.45, 7) is 3.28. The van der Waals surface area contributed by atoms with Crippen LogP contribution < -0.4 is 16.0 Å². The highest BCUT2D eigenvalue weighted by atomic mass is 35.5. The molecular weight excluding hydrogens is 326 g/mol. The number of carbonyl (C=O) groups excluding carboxylic acids is 1. The van der Waals surface area contributed by atoms with Gasteiger partial charge in [0.2, 0.25) is 0 Å². The number of hydrogen-bond acceptors (Lipinski definition) is 4. The van der Waals surface area contributed by atoms with Gasteiger partial charge in [-0.15, -0.1) is 0 Å². The van der Waals surface area contributed by atoms with E-state index in [9.17, 15) is 4.79 Å². The summed E-state index contributed by atoms with van der Waals surface area (Å²) in [7, 11) is 0. The molecule has 0 unspecified atom stereocenters. The fourth-order valence-electron chi connectivity index (χ4n) is 2.64. The van der Waals surface area contributed by atoms with Crippen molar-refractivity contribution in [1.29, 1.82) is 0 Å². The van der Waals surface area contributed by atoms with Gasteiger partial charge in [0.25, 0.3) is 0 Å². The summed E-state index contributed by atoms with van der Waals surface area (Å²) in [6.07, 6.45) is 2.90. The molecule has 0 saturated heterocycles. The van der Waals surface area contributed by atoms with Crippen molar-refractivity contribution in [3.05, 3.63) is 46.4 Å². The molecule has 24 heavy (non-hydrogen) atoms. The van der Waals surface area contributed by atoms with Gasteiger partial charge in [-0.2, -0.15) is 0 Å². The summed E-state index contributed by atoms with van der Waals surface area (Å²) in [5, 5.41) is 9.32. The topological polar surface area (TPSA) is 78.9 Å². The van der Waals surface area contributed by atoms with Crippen LogP contribution >= 0.6 is 11.6 Å². The average Bonchev–Trinajstić information content (AvgIpc) is 2.57. The van der Waals surface area contributed by atoms with Gasteiger partial charge in [0.15, 0.2) is 0 Å². The molecule has 2 aromatic heterocycles. The van der Waals surface area contributed by atoms with E-state index < -0.39 is 0 Å². The van der Waals surface area contributed by atoms with Crippen molar-refractivity contribution in [1.82, 2.24) is 15.3 Å². The van der Waals surface area contributed by atoms with Crippen molar-refractivity contribution < 1.29 is 4.79 Å². The van der Waals surface area contributed by atoms with Gasteiger partial charge >= 0.3 is 6.03 Å². The van der Waals surface area contributed by atoms with E-state index in [-0.39, 0.29) is 6.03 Å². The number of amides is 2. The highest BCUT2D eigenvalue weighted by molar-refractivity contribution is 6.29. The Hall–Kier alpha value is -2.34. The number of carbonyl (C=O) groups is 1. The van der Waals surface area contributed by atoms with Gasteiger partial charge in [0.05, 0.1) is 11.4 Å². The Morgan fingerprint density at radius 1 is 1.29 bits per heavy atom. The monoisotopic (exact) mass is 345 g/mol. The van der Waals surface area contributed by atoms with Gasteiger partial charge in [-0.05, 0) is 43.5 Å². The molecule has 0 saturated carbocycles. The summed E-state index contributed by atoms with van der Waals surface area (Å²) in [4.78, 5) is 20.7. The Bertz CT molecular complexity index is 750. The Labute approximate surface area is 146 Å². The number of nitrogens with zero attached hydrogens (tertiary/aromatic N) is 2. The van der Waals surface area contributed by atoms with Crippen molar-refractivity contribution in [3.63, 3.8) is 0 Å². The molecule has 0 aromatic carbocycles. The van der Waals surface area contributed by atoms with Crippen LogP contribution in [0, 0.1) is 6.92 Å². The summed E-state index contributed by atoms with van der Waals surface area (Å²) in [5.41, 5.74) is 3.56. The quantitative estimate of drug-likeness (QED) is 0.744. The first-order valence-corrected chi connectivity index (χ1v) is 8.40. The maximum absolute atomic E-state index is 12.0. The number of fused-ring (bicyclic) bond motifs is 1. The van der Waals surface area contributed by atoms with E-state index in [0.717, 1.165) is 30.9 Å². The van der Waals surface area contributed by atoms with Crippen LogP contribution in [0.1, 0.15) is 23.4 Å². The fraction of sp³-hybridized carbons (Fsp3) is 0.353. The van der Waals surface area contributed by atoms with Crippen LogP contribution in [0.3, 0.4) is 0 Å². The molecule has 0 fully saturated rings. The minimum atomic E-state index is -0.265. The molecule has 1 aliphatic heterocycles. The zero-order valence-corrected chi connectivity index (χ0v) is 14.3. The highest BCUT2D eigenvalue weighted by Gasteiger charge is 2.10. The molecule has 7 heteroatoms. The molecule has 0 bridgehead atoms. The number of urea groups is 1. The van der Waals surface area contributed by atoms with Crippen LogP contribution in [0.25, 0.3) is 0 Å². The van der Waals surface area contributed by atoms with Crippen molar-refractivity contribution in [2.24, 2.45) is 0 Å². The van der Waals surface area contributed by atoms with Crippen molar-refractivity contribution in [3.8, 4) is 0 Å². The van der Waals surface area contributed by atoms with Crippen LogP contribution in [-0.2, 0) is 12.8 Å². The van der Waals surface area contributed by atoms with Crippen LogP contribution in [-0.4, -0.2) is 29.1 Å². The predicted molar refractivity (Wildman–Crippen MR) is 95.8 cm³/mol. The Kier molecular flexibility index (Phi) is 5.15. The molecule has 3 heterocycles. The minimum absolute atomic E-state index is 0.265. The zero-order valence-electron chi connectivity index (χ0n) is 13.5. The lowest BCUT2D eigenvalue weighted by Crippen LogP contribution is -2.31. The van der Waals surface area contributed by atoms with Crippen LogP contribution in [0.4, 0.5) is 16.3 Å². The molecule has 3 N–H and O–H groups in total. The van der Waals surface area contributed by atoms with Crippen LogP contribution in [0.15, 0.2) is 24.3 Å². The second-order valence-corrected chi connectivity index (χ2v) is 6.13. The lowest BCUT2D eigenvalue weighted by Gasteiger charge is -2.17. The summed E-state index contributed by atoms with van der Waals surface area (Å²) in [6, 6.07) is 7.26. The SMILES string of the molecule is Cc1nc(Cl)ccc1NC(=O)NCCc1ccc2c(n1)NCCC2. The number of pyridine rings is 2. The molecule has 6 nitrogen and oxygen atoms in total. The third-order valence-electron chi connectivity index (χ3n) is 3.92. The van der Waals surface area contributed by atoms with Gasteiger partial charge in [-0.3, -0.25) is 0 Å². The number of hydrogen-bond donors (Lipinski definition) is 3. The van der Waals surface area contributed by atoms with E-state index >= 15 is 0 Å². The lowest BCUT2D eigenvalue weighted by molar-refractivity contribution is 0.252. The smallest absolute Gasteiger partial charge is 0.319 e. The minimum Gasteiger partial charge on any atom is -0.370 e. The number of halogens is 1.